The third kappa shape index (κ3) is 4.02. The van der Waals surface area contributed by atoms with Gasteiger partial charge in [0.1, 0.15) is 11.1 Å². The van der Waals surface area contributed by atoms with Crippen molar-refractivity contribution in [3.05, 3.63) is 82.0 Å². The fraction of sp³-hybridized carbons (Fsp3) is 0.280. The van der Waals surface area contributed by atoms with Crippen LogP contribution in [-0.4, -0.2) is 28.2 Å². The highest BCUT2D eigenvalue weighted by atomic mass is 32.1. The Hall–Kier alpha value is -3.50. The van der Waals surface area contributed by atoms with Gasteiger partial charge in [-0.1, -0.05) is 30.3 Å². The number of amides is 2. The van der Waals surface area contributed by atoms with Crippen LogP contribution in [0.4, 0.5) is 5.00 Å². The van der Waals surface area contributed by atoms with Gasteiger partial charge in [-0.25, -0.2) is 0 Å². The van der Waals surface area contributed by atoms with E-state index >= 15 is 0 Å². The van der Waals surface area contributed by atoms with Crippen LogP contribution in [0.2, 0.25) is 0 Å². The molecule has 0 unspecified atom stereocenters. The quantitative estimate of drug-likeness (QED) is 0.650. The van der Waals surface area contributed by atoms with Crippen LogP contribution in [0.1, 0.15) is 39.5 Å². The number of rotatable bonds is 5. The second-order valence-electron chi connectivity index (χ2n) is 8.27. The van der Waals surface area contributed by atoms with Crippen molar-refractivity contribution in [2.75, 3.05) is 11.9 Å². The molecule has 3 aromatic rings. The summed E-state index contributed by atoms with van der Waals surface area (Å²) in [5.74, 6) is 0.224. The number of anilines is 1. The molecule has 1 saturated carbocycles. The van der Waals surface area contributed by atoms with Crippen LogP contribution in [0.25, 0.3) is 0 Å². The first kappa shape index (κ1) is 20.4. The van der Waals surface area contributed by atoms with Crippen LogP contribution in [0.5, 0.6) is 0 Å². The van der Waals surface area contributed by atoms with Gasteiger partial charge in [-0.3, -0.25) is 14.6 Å². The van der Waals surface area contributed by atoms with E-state index < -0.39 is 0 Å². The van der Waals surface area contributed by atoms with Gasteiger partial charge in [-0.15, -0.1) is 11.3 Å². The number of nitrogens with zero attached hydrogens (tertiary/aromatic N) is 3. The summed E-state index contributed by atoms with van der Waals surface area (Å²) in [6.07, 6.45) is 5.17. The number of fused-ring (bicyclic) bond motifs is 1. The predicted octanol–water partition coefficient (Wildman–Crippen LogP) is 3.88. The van der Waals surface area contributed by atoms with E-state index in [2.05, 4.69) is 28.5 Å². The topological polar surface area (TPSA) is 86.1 Å². The Morgan fingerprint density at radius 1 is 1.19 bits per heavy atom. The van der Waals surface area contributed by atoms with E-state index in [1.165, 1.54) is 16.9 Å². The van der Waals surface area contributed by atoms with Crippen LogP contribution in [-0.2, 0) is 29.0 Å². The first-order chi connectivity index (χ1) is 15.6. The van der Waals surface area contributed by atoms with Gasteiger partial charge in [0.05, 0.1) is 18.5 Å². The third-order valence-electron chi connectivity index (χ3n) is 6.22. The largest absolute Gasteiger partial charge is 0.337 e. The van der Waals surface area contributed by atoms with Crippen molar-refractivity contribution in [2.24, 2.45) is 5.92 Å². The van der Waals surface area contributed by atoms with E-state index in [4.69, 9.17) is 0 Å². The van der Waals surface area contributed by atoms with Crippen LogP contribution >= 0.6 is 11.3 Å². The van der Waals surface area contributed by atoms with Gasteiger partial charge < -0.3 is 10.2 Å². The molecule has 32 heavy (non-hydrogen) atoms. The minimum atomic E-state index is -0.0542. The molecule has 160 valence electrons. The summed E-state index contributed by atoms with van der Waals surface area (Å²) >= 11 is 1.43. The number of pyridine rings is 1. The molecule has 1 aromatic carbocycles. The maximum atomic E-state index is 12.8. The van der Waals surface area contributed by atoms with Crippen molar-refractivity contribution < 1.29 is 9.59 Å². The normalized spacial score (nSPS) is 19.0. The zero-order chi connectivity index (χ0) is 22.1. The lowest BCUT2D eigenvalue weighted by molar-refractivity contribution is -0.131. The lowest BCUT2D eigenvalue weighted by Crippen LogP contribution is -2.36. The summed E-state index contributed by atoms with van der Waals surface area (Å²) in [6.45, 7) is 1.05. The first-order valence-corrected chi connectivity index (χ1v) is 11.5. The van der Waals surface area contributed by atoms with Crippen molar-refractivity contribution in [3.8, 4) is 6.07 Å². The molecule has 0 bridgehead atoms. The fourth-order valence-corrected chi connectivity index (χ4v) is 5.58. The predicted molar refractivity (Wildman–Crippen MR) is 122 cm³/mol. The Labute approximate surface area is 190 Å². The highest BCUT2D eigenvalue weighted by Crippen LogP contribution is 2.48. The highest BCUT2D eigenvalue weighted by Gasteiger charge is 2.44. The number of aromatic nitrogens is 1. The Kier molecular flexibility index (Phi) is 5.46. The summed E-state index contributed by atoms with van der Waals surface area (Å²) in [5.41, 5.74) is 3.64. The maximum Gasteiger partial charge on any atom is 0.228 e. The molecule has 2 amide bonds. The van der Waals surface area contributed by atoms with Gasteiger partial charge in [0.15, 0.2) is 0 Å². The van der Waals surface area contributed by atoms with Gasteiger partial charge in [0.2, 0.25) is 11.8 Å². The molecular weight excluding hydrogens is 420 g/mol. The lowest BCUT2D eigenvalue weighted by Gasteiger charge is -2.27. The Balaban J connectivity index is 1.27. The molecular formula is C25H22N4O2S. The maximum absolute atomic E-state index is 12.8. The molecule has 2 aromatic heterocycles. The van der Waals surface area contributed by atoms with Crippen molar-refractivity contribution in [1.29, 1.82) is 5.26 Å². The standard InChI is InChI=1S/C25H22N4O2S/c26-14-21-18-8-11-29(23(30)12-16-6-9-27-10-7-16)15-22(18)32-25(21)28-24(31)20-13-19(20)17-4-2-1-3-5-17/h1-7,9-10,19-20H,8,11-13,15H2,(H,28,31)/t19-,20-/m1/s1. The fourth-order valence-electron chi connectivity index (χ4n) is 4.37. The van der Waals surface area contributed by atoms with E-state index in [0.717, 1.165) is 22.4 Å². The second kappa shape index (κ2) is 8.56. The van der Waals surface area contributed by atoms with E-state index in [-0.39, 0.29) is 23.7 Å². The smallest absolute Gasteiger partial charge is 0.228 e. The SMILES string of the molecule is N#Cc1c(NC(=O)[C@@H]2C[C@@H]2c2ccccc2)sc2c1CCN(C(=O)Cc1ccncc1)C2. The molecule has 1 aliphatic carbocycles. The van der Waals surface area contributed by atoms with Crippen molar-refractivity contribution in [3.63, 3.8) is 0 Å². The highest BCUT2D eigenvalue weighted by molar-refractivity contribution is 7.16. The van der Waals surface area contributed by atoms with Crippen LogP contribution in [0.3, 0.4) is 0 Å². The summed E-state index contributed by atoms with van der Waals surface area (Å²) in [5, 5.41) is 13.4. The minimum Gasteiger partial charge on any atom is -0.337 e. The first-order valence-electron chi connectivity index (χ1n) is 10.7. The summed E-state index contributed by atoms with van der Waals surface area (Å²) in [4.78, 5) is 32.4. The number of hydrogen-bond donors (Lipinski definition) is 1. The molecule has 1 aliphatic heterocycles. The molecule has 2 atom stereocenters. The molecule has 0 radical (unpaired) electrons. The van der Waals surface area contributed by atoms with Crippen LogP contribution in [0, 0.1) is 17.2 Å². The average Bonchev–Trinajstić information content (AvgIpc) is 3.56. The minimum absolute atomic E-state index is 0.0282. The van der Waals surface area contributed by atoms with Gasteiger partial charge >= 0.3 is 0 Å². The lowest BCUT2D eigenvalue weighted by atomic mass is 10.0. The number of thiophene rings is 1. The van der Waals surface area contributed by atoms with E-state index in [1.807, 2.05) is 35.2 Å². The molecule has 7 heteroatoms. The zero-order valence-electron chi connectivity index (χ0n) is 17.5. The van der Waals surface area contributed by atoms with Gasteiger partial charge in [-0.05, 0) is 47.6 Å². The van der Waals surface area contributed by atoms with Crippen LogP contribution < -0.4 is 5.32 Å². The second-order valence-corrected chi connectivity index (χ2v) is 9.37. The number of benzene rings is 1. The Morgan fingerprint density at radius 3 is 2.72 bits per heavy atom. The van der Waals surface area contributed by atoms with Crippen molar-refractivity contribution >= 4 is 28.2 Å². The summed E-state index contributed by atoms with van der Waals surface area (Å²) in [6, 6.07) is 16.0. The zero-order valence-corrected chi connectivity index (χ0v) is 18.3. The number of carbonyl (C=O) groups excluding carboxylic acids is 2. The molecule has 6 nitrogen and oxygen atoms in total. The summed E-state index contributed by atoms with van der Waals surface area (Å²) in [7, 11) is 0. The van der Waals surface area contributed by atoms with Crippen molar-refractivity contribution in [2.45, 2.75) is 31.7 Å². The number of nitriles is 1. The Bertz CT molecular complexity index is 1200. The summed E-state index contributed by atoms with van der Waals surface area (Å²) < 4.78 is 0. The molecule has 1 fully saturated rings. The number of nitrogens with one attached hydrogen (secondary N) is 1. The van der Waals surface area contributed by atoms with Gasteiger partial charge in [0.25, 0.3) is 0 Å². The van der Waals surface area contributed by atoms with E-state index in [9.17, 15) is 14.9 Å². The van der Waals surface area contributed by atoms with Gasteiger partial charge in [0, 0.05) is 29.7 Å². The monoisotopic (exact) mass is 442 g/mol. The molecule has 1 N–H and O–H groups in total. The molecule has 3 heterocycles. The van der Waals surface area contributed by atoms with E-state index in [1.54, 1.807) is 12.4 Å². The third-order valence-corrected chi connectivity index (χ3v) is 7.35. The van der Waals surface area contributed by atoms with Crippen molar-refractivity contribution in [1.82, 2.24) is 9.88 Å². The molecule has 5 rings (SSSR count). The molecule has 0 spiro atoms. The van der Waals surface area contributed by atoms with E-state index in [0.29, 0.717) is 36.5 Å². The molecule has 2 aliphatic rings. The Morgan fingerprint density at radius 2 is 1.97 bits per heavy atom. The average molecular weight is 443 g/mol. The molecule has 0 saturated heterocycles. The van der Waals surface area contributed by atoms with Gasteiger partial charge in [-0.2, -0.15) is 5.26 Å². The van der Waals surface area contributed by atoms with Crippen LogP contribution in [0.15, 0.2) is 54.9 Å². The number of carbonyl (C=O) groups is 2. The number of hydrogen-bond acceptors (Lipinski definition) is 5.